The van der Waals surface area contributed by atoms with Crippen LogP contribution >= 0.6 is 0 Å². The molecular formula is C24H26N2O4S. The highest BCUT2D eigenvalue weighted by molar-refractivity contribution is 7.92. The van der Waals surface area contributed by atoms with Gasteiger partial charge in [0.25, 0.3) is 15.9 Å². The van der Waals surface area contributed by atoms with Crippen molar-refractivity contribution < 1.29 is 17.9 Å². The number of carbonyl (C=O) groups is 1. The highest BCUT2D eigenvalue weighted by Crippen LogP contribution is 2.24. The summed E-state index contributed by atoms with van der Waals surface area (Å²) in [6.45, 7) is 1.98. The van der Waals surface area contributed by atoms with E-state index in [-0.39, 0.29) is 22.4 Å². The molecule has 0 heterocycles. The zero-order chi connectivity index (χ0) is 22.4. The van der Waals surface area contributed by atoms with Gasteiger partial charge in [-0.2, -0.15) is 0 Å². The summed E-state index contributed by atoms with van der Waals surface area (Å²) in [5.74, 6) is 0.410. The fraction of sp³-hybridized carbons (Fsp3) is 0.208. The molecule has 0 aliphatic carbocycles. The van der Waals surface area contributed by atoms with Gasteiger partial charge in [-0.3, -0.25) is 9.10 Å². The lowest BCUT2D eigenvalue weighted by Crippen LogP contribution is -2.29. The molecule has 0 aliphatic heterocycles. The fourth-order valence-electron chi connectivity index (χ4n) is 3.23. The smallest absolute Gasteiger partial charge is 0.264 e. The molecule has 31 heavy (non-hydrogen) atoms. The van der Waals surface area contributed by atoms with E-state index in [2.05, 4.69) is 5.32 Å². The van der Waals surface area contributed by atoms with E-state index in [1.807, 2.05) is 37.3 Å². The number of hydrogen-bond donors (Lipinski definition) is 1. The van der Waals surface area contributed by atoms with Crippen molar-refractivity contribution in [1.29, 1.82) is 0 Å². The van der Waals surface area contributed by atoms with Crippen LogP contribution in [0, 0.1) is 0 Å². The molecule has 0 radical (unpaired) electrons. The second-order valence-corrected chi connectivity index (χ2v) is 9.01. The van der Waals surface area contributed by atoms with Crippen LogP contribution in [0.1, 0.15) is 35.3 Å². The summed E-state index contributed by atoms with van der Waals surface area (Å²) in [5, 5.41) is 2.99. The molecule has 3 aromatic rings. The van der Waals surface area contributed by atoms with Crippen LogP contribution in [-0.2, 0) is 10.0 Å². The molecule has 1 N–H and O–H groups in total. The fourth-order valence-corrected chi connectivity index (χ4v) is 4.47. The third-order valence-electron chi connectivity index (χ3n) is 5.11. The van der Waals surface area contributed by atoms with Gasteiger partial charge >= 0.3 is 0 Å². The van der Waals surface area contributed by atoms with Crippen LogP contribution in [0.3, 0.4) is 0 Å². The molecule has 0 bridgehead atoms. The van der Waals surface area contributed by atoms with Crippen LogP contribution < -0.4 is 14.4 Å². The van der Waals surface area contributed by atoms with Crippen molar-refractivity contribution in [2.45, 2.75) is 24.3 Å². The standard InChI is InChI=1S/C24H26N2O4S/c1-4-23(18-13-15-21(30-3)16-14-18)25-24(27)19-9-8-12-22(17-19)31(28,29)26(2)20-10-6-5-7-11-20/h5-17,23H,4H2,1-3H3,(H,25,27). The van der Waals surface area contributed by atoms with Crippen molar-refractivity contribution >= 4 is 21.6 Å². The van der Waals surface area contributed by atoms with Gasteiger partial charge in [0.15, 0.2) is 0 Å². The van der Waals surface area contributed by atoms with Gasteiger partial charge in [-0.05, 0) is 54.4 Å². The van der Waals surface area contributed by atoms with Crippen molar-refractivity contribution in [3.8, 4) is 5.75 Å². The Morgan fingerprint density at radius 3 is 2.29 bits per heavy atom. The van der Waals surface area contributed by atoms with Crippen molar-refractivity contribution in [3.63, 3.8) is 0 Å². The Hall–Kier alpha value is -3.32. The summed E-state index contributed by atoms with van der Waals surface area (Å²) in [7, 11) is -0.707. The van der Waals surface area contributed by atoms with Crippen molar-refractivity contribution in [2.75, 3.05) is 18.5 Å². The Morgan fingerprint density at radius 1 is 1.00 bits per heavy atom. The van der Waals surface area contributed by atoms with Gasteiger partial charge in [-0.25, -0.2) is 8.42 Å². The average Bonchev–Trinajstić information content (AvgIpc) is 2.82. The summed E-state index contributed by atoms with van der Waals surface area (Å²) >= 11 is 0. The topological polar surface area (TPSA) is 75.7 Å². The number of para-hydroxylation sites is 1. The predicted molar refractivity (Wildman–Crippen MR) is 122 cm³/mol. The van der Waals surface area contributed by atoms with Gasteiger partial charge in [0, 0.05) is 12.6 Å². The highest BCUT2D eigenvalue weighted by Gasteiger charge is 2.23. The molecule has 0 aromatic heterocycles. The Morgan fingerprint density at radius 2 is 1.68 bits per heavy atom. The lowest BCUT2D eigenvalue weighted by atomic mass is 10.0. The van der Waals surface area contributed by atoms with E-state index < -0.39 is 10.0 Å². The van der Waals surface area contributed by atoms with Gasteiger partial charge in [0.2, 0.25) is 0 Å². The summed E-state index contributed by atoms with van der Waals surface area (Å²) < 4.78 is 32.5. The normalized spacial score (nSPS) is 12.1. The minimum Gasteiger partial charge on any atom is -0.497 e. The molecule has 1 unspecified atom stereocenters. The maximum Gasteiger partial charge on any atom is 0.264 e. The van der Waals surface area contributed by atoms with E-state index in [0.29, 0.717) is 12.1 Å². The molecule has 162 valence electrons. The molecule has 6 nitrogen and oxygen atoms in total. The molecule has 1 atom stereocenters. The number of ether oxygens (including phenoxy) is 1. The number of sulfonamides is 1. The van der Waals surface area contributed by atoms with Crippen LogP contribution in [0.5, 0.6) is 5.75 Å². The predicted octanol–water partition coefficient (Wildman–Crippen LogP) is 4.40. The molecule has 0 aliphatic rings. The Labute approximate surface area is 183 Å². The molecule has 7 heteroatoms. The largest absolute Gasteiger partial charge is 0.497 e. The van der Waals surface area contributed by atoms with Gasteiger partial charge in [-0.15, -0.1) is 0 Å². The van der Waals surface area contributed by atoms with Crippen LogP contribution in [0.15, 0.2) is 83.8 Å². The van der Waals surface area contributed by atoms with Crippen LogP contribution in [0.2, 0.25) is 0 Å². The van der Waals surface area contributed by atoms with Crippen LogP contribution in [-0.4, -0.2) is 28.5 Å². The number of methoxy groups -OCH3 is 1. The van der Waals surface area contributed by atoms with E-state index in [1.165, 1.54) is 23.5 Å². The first-order valence-electron chi connectivity index (χ1n) is 9.95. The van der Waals surface area contributed by atoms with E-state index in [4.69, 9.17) is 4.74 Å². The SMILES string of the molecule is CCC(NC(=O)c1cccc(S(=O)(=O)N(C)c2ccccc2)c1)c1ccc(OC)cc1. The third-order valence-corrected chi connectivity index (χ3v) is 6.89. The second kappa shape index (κ2) is 9.66. The molecule has 0 saturated carbocycles. The number of nitrogens with one attached hydrogen (secondary N) is 1. The minimum absolute atomic E-state index is 0.0593. The number of hydrogen-bond acceptors (Lipinski definition) is 4. The van der Waals surface area contributed by atoms with Crippen molar-refractivity contribution in [2.24, 2.45) is 0 Å². The number of anilines is 1. The number of nitrogens with zero attached hydrogens (tertiary/aromatic N) is 1. The summed E-state index contributed by atoms with van der Waals surface area (Å²) in [4.78, 5) is 12.9. The monoisotopic (exact) mass is 438 g/mol. The van der Waals surface area contributed by atoms with Crippen LogP contribution in [0.25, 0.3) is 0 Å². The third kappa shape index (κ3) is 5.06. The molecular weight excluding hydrogens is 412 g/mol. The summed E-state index contributed by atoms with van der Waals surface area (Å²) in [6.07, 6.45) is 0.687. The first-order chi connectivity index (χ1) is 14.9. The summed E-state index contributed by atoms with van der Waals surface area (Å²) in [6, 6.07) is 22.2. The molecule has 0 spiro atoms. The second-order valence-electron chi connectivity index (χ2n) is 7.04. The van der Waals surface area contributed by atoms with Crippen molar-refractivity contribution in [1.82, 2.24) is 5.32 Å². The Bertz CT molecular complexity index is 1130. The summed E-state index contributed by atoms with van der Waals surface area (Å²) in [5.41, 5.74) is 1.78. The maximum atomic E-state index is 13.1. The quantitative estimate of drug-likeness (QED) is 0.566. The van der Waals surface area contributed by atoms with E-state index >= 15 is 0 Å². The van der Waals surface area contributed by atoms with E-state index in [0.717, 1.165) is 11.3 Å². The Balaban J connectivity index is 1.82. The van der Waals surface area contributed by atoms with E-state index in [9.17, 15) is 13.2 Å². The Kier molecular flexibility index (Phi) is 6.97. The van der Waals surface area contributed by atoms with Gasteiger partial charge in [0.05, 0.1) is 23.7 Å². The highest BCUT2D eigenvalue weighted by atomic mass is 32.2. The van der Waals surface area contributed by atoms with Gasteiger partial charge < -0.3 is 10.1 Å². The first kappa shape index (κ1) is 22.4. The number of amides is 1. The zero-order valence-corrected chi connectivity index (χ0v) is 18.6. The van der Waals surface area contributed by atoms with Crippen molar-refractivity contribution in [3.05, 3.63) is 90.0 Å². The number of rotatable bonds is 8. The molecule has 0 fully saturated rings. The molecule has 0 saturated heterocycles. The molecule has 3 rings (SSSR count). The first-order valence-corrected chi connectivity index (χ1v) is 11.4. The van der Waals surface area contributed by atoms with Gasteiger partial charge in [0.1, 0.15) is 5.75 Å². The number of carbonyl (C=O) groups excluding carboxylic acids is 1. The number of benzene rings is 3. The lowest BCUT2D eigenvalue weighted by molar-refractivity contribution is 0.0935. The average molecular weight is 439 g/mol. The molecule has 3 aromatic carbocycles. The van der Waals surface area contributed by atoms with Crippen LogP contribution in [0.4, 0.5) is 5.69 Å². The zero-order valence-electron chi connectivity index (χ0n) is 17.8. The lowest BCUT2D eigenvalue weighted by Gasteiger charge is -2.20. The van der Waals surface area contributed by atoms with E-state index in [1.54, 1.807) is 43.5 Å². The minimum atomic E-state index is -3.80. The van der Waals surface area contributed by atoms with Gasteiger partial charge in [-0.1, -0.05) is 43.3 Å². The molecule has 1 amide bonds. The maximum absolute atomic E-state index is 13.1.